The standard InChI is InChI=1S/C24H16B3F3N4O4/c25-23(26,27)34-20(12-1-4-15(5-2-12)38-24(28,29)30)17(10-31-34)13-3-6-16-14(9-13)11-33(22(16)37)18-7-8-19(35)32-21(18)36/h1-6,9-10,18H,7-8,11H2,(H,32,35,36). The first-order chi connectivity index (χ1) is 17.8. The van der Waals surface area contributed by atoms with Crippen LogP contribution in [0.5, 0.6) is 5.75 Å². The maximum absolute atomic E-state index is 13.0. The third-order valence-electron chi connectivity index (χ3n) is 6.33. The van der Waals surface area contributed by atoms with Crippen LogP contribution in [0.25, 0.3) is 22.4 Å². The van der Waals surface area contributed by atoms with Crippen molar-refractivity contribution < 1.29 is 32.3 Å². The lowest BCUT2D eigenvalue weighted by Crippen LogP contribution is -2.52. The number of nitrogens with one attached hydrogen (secondary N) is 1. The molecule has 186 valence electrons. The average Bonchev–Trinajstić information content (AvgIpc) is 3.40. The lowest BCUT2D eigenvalue weighted by molar-refractivity contribution is -0.274. The molecule has 8 nitrogen and oxygen atoms in total. The van der Waals surface area contributed by atoms with Crippen LogP contribution >= 0.6 is 0 Å². The minimum absolute atomic E-state index is 0.135. The van der Waals surface area contributed by atoms with Gasteiger partial charge in [0.25, 0.3) is 5.91 Å². The van der Waals surface area contributed by atoms with E-state index in [1.54, 1.807) is 18.2 Å². The van der Waals surface area contributed by atoms with Crippen LogP contribution in [0.3, 0.4) is 0 Å². The fourth-order valence-corrected chi connectivity index (χ4v) is 4.69. The Kier molecular flexibility index (Phi) is 6.15. The van der Waals surface area contributed by atoms with Crippen molar-refractivity contribution in [2.75, 3.05) is 0 Å². The van der Waals surface area contributed by atoms with Gasteiger partial charge in [0.2, 0.25) is 11.8 Å². The Morgan fingerprint density at radius 1 is 0.974 bits per heavy atom. The Hall–Kier alpha value is -3.96. The van der Waals surface area contributed by atoms with E-state index in [1.807, 2.05) is 0 Å². The molecule has 0 saturated carbocycles. The van der Waals surface area contributed by atoms with Gasteiger partial charge in [0, 0.05) is 29.7 Å². The van der Waals surface area contributed by atoms with Gasteiger partial charge in [-0.15, -0.1) is 13.2 Å². The third kappa shape index (κ3) is 4.82. The van der Waals surface area contributed by atoms with E-state index in [0.717, 1.165) is 16.8 Å². The molecule has 1 N–H and O–H groups in total. The van der Waals surface area contributed by atoms with Crippen LogP contribution in [0.15, 0.2) is 48.7 Å². The summed E-state index contributed by atoms with van der Waals surface area (Å²) in [6.07, 6.45) is -3.03. The summed E-state index contributed by atoms with van der Waals surface area (Å²) in [5, 5.41) is 4.52. The lowest BCUT2D eigenvalue weighted by Gasteiger charge is -2.29. The summed E-state index contributed by atoms with van der Waals surface area (Å²) >= 11 is 0. The number of fused-ring (bicyclic) bond motifs is 1. The van der Waals surface area contributed by atoms with E-state index in [4.69, 9.17) is 23.5 Å². The topological polar surface area (TPSA) is 93.5 Å². The van der Waals surface area contributed by atoms with Crippen molar-refractivity contribution in [1.29, 1.82) is 0 Å². The number of carbonyl (C=O) groups excluding carboxylic acids is 3. The van der Waals surface area contributed by atoms with E-state index in [1.165, 1.54) is 23.2 Å². The largest absolute Gasteiger partial charge is 0.573 e. The molecule has 1 aromatic heterocycles. The SMILES string of the molecule is [B]C([B])([B])n1ncc(-c2ccc3c(c2)CN(C2CCC(=O)NC2=O)C3=O)c1-c1ccc(OC(F)(F)F)cc1. The second-order valence-corrected chi connectivity index (χ2v) is 9.05. The Morgan fingerprint density at radius 2 is 1.66 bits per heavy atom. The van der Waals surface area contributed by atoms with Gasteiger partial charge >= 0.3 is 6.36 Å². The number of ether oxygens (including phenoxy) is 1. The maximum atomic E-state index is 13.0. The summed E-state index contributed by atoms with van der Waals surface area (Å²) in [5.74, 6) is -1.65. The first-order valence-corrected chi connectivity index (χ1v) is 11.4. The number of imide groups is 1. The highest BCUT2D eigenvalue weighted by Gasteiger charge is 2.39. The highest BCUT2D eigenvalue weighted by Crippen LogP contribution is 2.37. The van der Waals surface area contributed by atoms with Crippen molar-refractivity contribution >= 4 is 41.3 Å². The molecular formula is C24H16B3F3N4O4. The summed E-state index contributed by atoms with van der Waals surface area (Å²) in [5.41, 5.74) is 2.87. The first kappa shape index (κ1) is 25.7. The zero-order valence-corrected chi connectivity index (χ0v) is 19.7. The quantitative estimate of drug-likeness (QED) is 0.416. The Balaban J connectivity index is 1.51. The number of halogens is 3. The average molecular weight is 514 g/mol. The molecule has 6 radical (unpaired) electrons. The van der Waals surface area contributed by atoms with Gasteiger partial charge in [0.1, 0.15) is 11.8 Å². The lowest BCUT2D eigenvalue weighted by atomic mass is 9.49. The normalized spacial score (nSPS) is 17.9. The molecule has 1 saturated heterocycles. The molecule has 1 atom stereocenters. The molecule has 2 aliphatic heterocycles. The molecular weight excluding hydrogens is 498 g/mol. The highest BCUT2D eigenvalue weighted by atomic mass is 19.4. The van der Waals surface area contributed by atoms with Crippen molar-refractivity contribution in [2.45, 2.75) is 37.0 Å². The Morgan fingerprint density at radius 3 is 2.29 bits per heavy atom. The minimum Gasteiger partial charge on any atom is -0.406 e. The van der Waals surface area contributed by atoms with Crippen LogP contribution in [0.1, 0.15) is 28.8 Å². The predicted octanol–water partition coefficient (Wildman–Crippen LogP) is 1.95. The van der Waals surface area contributed by atoms with Gasteiger partial charge in [-0.2, -0.15) is 5.10 Å². The van der Waals surface area contributed by atoms with Gasteiger partial charge in [0.15, 0.2) is 0 Å². The number of piperidine rings is 1. The Bertz CT molecular complexity index is 1450. The fourth-order valence-electron chi connectivity index (χ4n) is 4.69. The second-order valence-electron chi connectivity index (χ2n) is 9.05. The number of carbonyl (C=O) groups is 3. The number of rotatable bonds is 5. The molecule has 3 amide bonds. The number of benzene rings is 2. The molecule has 5 rings (SSSR count). The molecule has 0 aliphatic carbocycles. The van der Waals surface area contributed by atoms with Gasteiger partial charge in [0.05, 0.1) is 35.4 Å². The van der Waals surface area contributed by atoms with E-state index in [-0.39, 0.29) is 31.2 Å². The van der Waals surface area contributed by atoms with Crippen LogP contribution in [0, 0.1) is 0 Å². The number of hydrogen-bond acceptors (Lipinski definition) is 5. The molecule has 1 unspecified atom stereocenters. The van der Waals surface area contributed by atoms with E-state index in [2.05, 4.69) is 15.2 Å². The summed E-state index contributed by atoms with van der Waals surface area (Å²) in [7, 11) is 17.7. The van der Waals surface area contributed by atoms with Crippen molar-refractivity contribution in [3.63, 3.8) is 0 Å². The molecule has 3 aromatic rings. The van der Waals surface area contributed by atoms with Crippen molar-refractivity contribution in [3.05, 3.63) is 59.8 Å². The van der Waals surface area contributed by atoms with E-state index in [9.17, 15) is 27.6 Å². The summed E-state index contributed by atoms with van der Waals surface area (Å²) < 4.78 is 42.9. The van der Waals surface area contributed by atoms with Crippen LogP contribution in [-0.2, 0) is 21.4 Å². The minimum atomic E-state index is -4.85. The zero-order valence-electron chi connectivity index (χ0n) is 19.7. The molecule has 38 heavy (non-hydrogen) atoms. The Labute approximate surface area is 218 Å². The van der Waals surface area contributed by atoms with Crippen LogP contribution < -0.4 is 10.1 Å². The summed E-state index contributed by atoms with van der Waals surface area (Å²) in [4.78, 5) is 38.3. The smallest absolute Gasteiger partial charge is 0.406 e. The highest BCUT2D eigenvalue weighted by molar-refractivity contribution is 6.56. The summed E-state index contributed by atoms with van der Waals surface area (Å²) in [6.45, 7) is 0.149. The molecule has 0 spiro atoms. The maximum Gasteiger partial charge on any atom is 0.573 e. The van der Waals surface area contributed by atoms with E-state index >= 15 is 0 Å². The number of aromatic nitrogens is 2. The van der Waals surface area contributed by atoms with Gasteiger partial charge in [-0.1, -0.05) is 6.07 Å². The number of nitrogens with zero attached hydrogens (tertiary/aromatic N) is 3. The number of alkyl halides is 3. The van der Waals surface area contributed by atoms with Crippen LogP contribution in [0.4, 0.5) is 13.2 Å². The monoisotopic (exact) mass is 514 g/mol. The van der Waals surface area contributed by atoms with E-state index < -0.39 is 29.3 Å². The molecule has 2 aliphatic rings. The van der Waals surface area contributed by atoms with Gasteiger partial charge < -0.3 is 9.64 Å². The molecule has 2 aromatic carbocycles. The molecule has 14 heteroatoms. The summed E-state index contributed by atoms with van der Waals surface area (Å²) in [6, 6.07) is 9.29. The first-order valence-electron chi connectivity index (χ1n) is 11.4. The molecule has 0 bridgehead atoms. The van der Waals surface area contributed by atoms with E-state index in [0.29, 0.717) is 33.5 Å². The predicted molar refractivity (Wildman–Crippen MR) is 131 cm³/mol. The number of amides is 3. The zero-order chi connectivity index (χ0) is 27.4. The van der Waals surface area contributed by atoms with Gasteiger partial charge in [-0.25, -0.2) is 0 Å². The molecule has 3 heterocycles. The van der Waals surface area contributed by atoms with Crippen molar-refractivity contribution in [1.82, 2.24) is 20.0 Å². The van der Waals surface area contributed by atoms with Crippen molar-refractivity contribution in [2.24, 2.45) is 0 Å². The van der Waals surface area contributed by atoms with Crippen LogP contribution in [-0.4, -0.2) is 68.3 Å². The number of hydrogen-bond donors (Lipinski definition) is 1. The van der Waals surface area contributed by atoms with Crippen LogP contribution in [0.2, 0.25) is 0 Å². The fraction of sp³-hybridized carbons (Fsp3) is 0.250. The van der Waals surface area contributed by atoms with Gasteiger partial charge in [-0.3, -0.25) is 24.4 Å². The second kappa shape index (κ2) is 9.11. The van der Waals surface area contributed by atoms with Gasteiger partial charge in [-0.05, 0) is 59.2 Å². The molecule has 1 fully saturated rings. The van der Waals surface area contributed by atoms with Crippen molar-refractivity contribution in [3.8, 4) is 28.1 Å². The third-order valence-corrected chi connectivity index (χ3v) is 6.33.